The number of carbonyl (C=O) groups is 1. The molecule has 4 heteroatoms. The predicted molar refractivity (Wildman–Crippen MR) is 67.9 cm³/mol. The Morgan fingerprint density at radius 3 is 2.61 bits per heavy atom. The van der Waals surface area contributed by atoms with E-state index in [9.17, 15) is 4.79 Å². The Kier molecular flexibility index (Phi) is 2.74. The molecule has 1 aliphatic heterocycles. The van der Waals surface area contributed by atoms with Gasteiger partial charge in [-0.25, -0.2) is 0 Å². The summed E-state index contributed by atoms with van der Waals surface area (Å²) in [6, 6.07) is 7.88. The number of amides is 1. The Labute approximate surface area is 107 Å². The van der Waals surface area contributed by atoms with Gasteiger partial charge in [-0.2, -0.15) is 0 Å². The van der Waals surface area contributed by atoms with Crippen LogP contribution in [0, 0.1) is 17.8 Å². The van der Waals surface area contributed by atoms with E-state index in [0.29, 0.717) is 24.9 Å². The Balaban J connectivity index is 1.63. The highest BCUT2D eigenvalue weighted by Crippen LogP contribution is 2.52. The first kappa shape index (κ1) is 11.5. The van der Waals surface area contributed by atoms with Gasteiger partial charge in [-0.3, -0.25) is 4.79 Å². The lowest BCUT2D eigenvalue weighted by atomic mass is 10.2. The van der Waals surface area contributed by atoms with Crippen LogP contribution < -0.4 is 10.5 Å². The van der Waals surface area contributed by atoms with Gasteiger partial charge in [-0.15, -0.1) is 0 Å². The minimum atomic E-state index is 0.216. The normalized spacial score (nSPS) is 29.3. The van der Waals surface area contributed by atoms with Gasteiger partial charge < -0.3 is 15.4 Å². The van der Waals surface area contributed by atoms with Crippen molar-refractivity contribution < 1.29 is 9.53 Å². The number of carbonyl (C=O) groups excluding carboxylic acids is 1. The summed E-state index contributed by atoms with van der Waals surface area (Å²) in [5, 5.41) is 0. The summed E-state index contributed by atoms with van der Waals surface area (Å²) >= 11 is 0. The van der Waals surface area contributed by atoms with Gasteiger partial charge in [-0.1, -0.05) is 12.1 Å². The van der Waals surface area contributed by atoms with Crippen LogP contribution in [0.2, 0.25) is 0 Å². The average molecular weight is 246 g/mol. The van der Waals surface area contributed by atoms with Crippen molar-refractivity contribution in [2.75, 3.05) is 20.2 Å². The third kappa shape index (κ3) is 1.77. The molecular formula is C14H18N2O2. The van der Waals surface area contributed by atoms with Crippen molar-refractivity contribution in [2.24, 2.45) is 23.5 Å². The summed E-state index contributed by atoms with van der Waals surface area (Å²) < 4.78 is 5.12. The summed E-state index contributed by atoms with van der Waals surface area (Å²) in [6.45, 7) is 2.22. The molecule has 3 atom stereocenters. The van der Waals surface area contributed by atoms with Crippen molar-refractivity contribution in [2.45, 2.75) is 6.54 Å². The second-order valence-corrected chi connectivity index (χ2v) is 5.16. The molecule has 1 amide bonds. The van der Waals surface area contributed by atoms with Crippen molar-refractivity contribution >= 4 is 5.91 Å². The minimum Gasteiger partial charge on any atom is -0.497 e. The van der Waals surface area contributed by atoms with Crippen LogP contribution in [0.25, 0.3) is 0 Å². The van der Waals surface area contributed by atoms with Crippen molar-refractivity contribution in [1.82, 2.24) is 4.90 Å². The third-order valence-corrected chi connectivity index (χ3v) is 4.16. The minimum absolute atomic E-state index is 0.216. The SMILES string of the molecule is COc1ccc(CN2CC3C(CN)C3C2=O)cc1. The van der Waals surface area contributed by atoms with Crippen LogP contribution in [0.5, 0.6) is 5.75 Å². The molecule has 0 spiro atoms. The zero-order valence-electron chi connectivity index (χ0n) is 10.5. The maximum Gasteiger partial charge on any atom is 0.226 e. The monoisotopic (exact) mass is 246 g/mol. The maximum atomic E-state index is 12.1. The molecule has 4 nitrogen and oxygen atoms in total. The zero-order chi connectivity index (χ0) is 12.7. The number of nitrogens with two attached hydrogens (primary N) is 1. The third-order valence-electron chi connectivity index (χ3n) is 4.16. The van der Waals surface area contributed by atoms with Crippen LogP contribution in [0.15, 0.2) is 24.3 Å². The first-order valence-corrected chi connectivity index (χ1v) is 6.36. The standard InChI is InChI=1S/C14H18N2O2/c1-18-10-4-2-9(3-5-10)7-16-8-12-11(6-15)13(12)14(16)17/h2-5,11-13H,6-8,15H2,1H3. The largest absolute Gasteiger partial charge is 0.497 e. The van der Waals surface area contributed by atoms with Gasteiger partial charge in [0, 0.05) is 19.0 Å². The van der Waals surface area contributed by atoms with Crippen LogP contribution in [-0.4, -0.2) is 31.0 Å². The van der Waals surface area contributed by atoms with E-state index in [1.165, 1.54) is 0 Å². The Morgan fingerprint density at radius 1 is 1.39 bits per heavy atom. The van der Waals surface area contributed by atoms with E-state index < -0.39 is 0 Å². The number of methoxy groups -OCH3 is 1. The van der Waals surface area contributed by atoms with Gasteiger partial charge >= 0.3 is 0 Å². The molecule has 18 heavy (non-hydrogen) atoms. The molecule has 2 aliphatic rings. The van der Waals surface area contributed by atoms with Crippen molar-refractivity contribution in [3.05, 3.63) is 29.8 Å². The lowest BCUT2D eigenvalue weighted by Crippen LogP contribution is -2.30. The molecule has 1 aromatic carbocycles. The molecule has 1 aliphatic carbocycles. The van der Waals surface area contributed by atoms with Crippen LogP contribution in [0.1, 0.15) is 5.56 Å². The van der Waals surface area contributed by atoms with Crippen molar-refractivity contribution in [3.63, 3.8) is 0 Å². The molecule has 3 unspecified atom stereocenters. The number of rotatable bonds is 4. The van der Waals surface area contributed by atoms with E-state index in [-0.39, 0.29) is 11.8 Å². The molecule has 2 N–H and O–H groups in total. The maximum absolute atomic E-state index is 12.1. The summed E-state index contributed by atoms with van der Waals surface area (Å²) in [4.78, 5) is 14.0. The number of fused-ring (bicyclic) bond motifs is 1. The van der Waals surface area contributed by atoms with Gasteiger partial charge in [0.15, 0.2) is 0 Å². The molecule has 2 fully saturated rings. The summed E-state index contributed by atoms with van der Waals surface area (Å²) in [6.07, 6.45) is 0. The molecule has 1 heterocycles. The summed E-state index contributed by atoms with van der Waals surface area (Å²) in [5.74, 6) is 2.31. The molecule has 0 aromatic heterocycles. The van der Waals surface area contributed by atoms with Gasteiger partial charge in [-0.05, 0) is 36.1 Å². The van der Waals surface area contributed by atoms with Crippen molar-refractivity contribution in [3.8, 4) is 5.75 Å². The fourth-order valence-corrected chi connectivity index (χ4v) is 3.03. The fraction of sp³-hybridized carbons (Fsp3) is 0.500. The molecule has 1 aromatic rings. The van der Waals surface area contributed by atoms with Gasteiger partial charge in [0.1, 0.15) is 5.75 Å². The molecule has 1 saturated carbocycles. The second kappa shape index (κ2) is 4.28. The van der Waals surface area contributed by atoms with Crippen LogP contribution >= 0.6 is 0 Å². The summed E-state index contributed by atoms with van der Waals surface area (Å²) in [7, 11) is 1.65. The lowest BCUT2D eigenvalue weighted by Gasteiger charge is -2.19. The molecular weight excluding hydrogens is 228 g/mol. The predicted octanol–water partition coefficient (Wildman–Crippen LogP) is 0.858. The number of hydrogen-bond acceptors (Lipinski definition) is 3. The molecule has 3 rings (SSSR count). The van der Waals surface area contributed by atoms with Crippen LogP contribution in [0.3, 0.4) is 0 Å². The number of hydrogen-bond donors (Lipinski definition) is 1. The number of ether oxygens (including phenoxy) is 1. The first-order valence-electron chi connectivity index (χ1n) is 6.36. The lowest BCUT2D eigenvalue weighted by molar-refractivity contribution is -0.131. The van der Waals surface area contributed by atoms with Crippen molar-refractivity contribution in [1.29, 1.82) is 0 Å². The number of piperidine rings is 1. The molecule has 1 saturated heterocycles. The van der Waals surface area contributed by atoms with E-state index in [4.69, 9.17) is 10.5 Å². The number of nitrogens with zero attached hydrogens (tertiary/aromatic N) is 1. The highest BCUT2D eigenvalue weighted by molar-refractivity contribution is 5.85. The van der Waals surface area contributed by atoms with E-state index in [1.54, 1.807) is 7.11 Å². The average Bonchev–Trinajstić information content (AvgIpc) is 3.01. The number of benzene rings is 1. The van der Waals surface area contributed by atoms with Gasteiger partial charge in [0.2, 0.25) is 5.91 Å². The van der Waals surface area contributed by atoms with E-state index in [2.05, 4.69) is 0 Å². The van der Waals surface area contributed by atoms with Gasteiger partial charge in [0.05, 0.1) is 7.11 Å². The van der Waals surface area contributed by atoms with Crippen LogP contribution in [-0.2, 0) is 11.3 Å². The van der Waals surface area contributed by atoms with E-state index in [1.807, 2.05) is 29.2 Å². The van der Waals surface area contributed by atoms with E-state index >= 15 is 0 Å². The molecule has 96 valence electrons. The fourth-order valence-electron chi connectivity index (χ4n) is 3.03. The Morgan fingerprint density at radius 2 is 2.11 bits per heavy atom. The highest BCUT2D eigenvalue weighted by atomic mass is 16.5. The number of likely N-dealkylation sites (tertiary alicyclic amines) is 1. The molecule has 0 radical (unpaired) electrons. The quantitative estimate of drug-likeness (QED) is 0.857. The zero-order valence-corrected chi connectivity index (χ0v) is 10.5. The molecule has 0 bridgehead atoms. The second-order valence-electron chi connectivity index (χ2n) is 5.16. The topological polar surface area (TPSA) is 55.6 Å². The summed E-state index contributed by atoms with van der Waals surface area (Å²) in [5.41, 5.74) is 6.78. The Bertz CT molecular complexity index is 457. The van der Waals surface area contributed by atoms with Gasteiger partial charge in [0.25, 0.3) is 0 Å². The van der Waals surface area contributed by atoms with E-state index in [0.717, 1.165) is 17.9 Å². The smallest absolute Gasteiger partial charge is 0.226 e. The highest BCUT2D eigenvalue weighted by Gasteiger charge is 2.60. The van der Waals surface area contributed by atoms with Crippen LogP contribution in [0.4, 0.5) is 0 Å². The first-order chi connectivity index (χ1) is 8.74. The Hall–Kier alpha value is -1.55.